The standard InChI is InChI=1S/C8H16FNO/c1-7-8(2-5-11-7)6-10-4-3-9/h7-8,10H,2-6H2,1H3. The van der Waals surface area contributed by atoms with E-state index in [1.165, 1.54) is 0 Å². The van der Waals surface area contributed by atoms with Crippen molar-refractivity contribution in [2.75, 3.05) is 26.4 Å². The minimum atomic E-state index is -0.276. The van der Waals surface area contributed by atoms with Crippen molar-refractivity contribution >= 4 is 0 Å². The highest BCUT2D eigenvalue weighted by atomic mass is 19.1. The summed E-state index contributed by atoms with van der Waals surface area (Å²) in [6, 6.07) is 0. The minimum absolute atomic E-state index is 0.276. The number of halogens is 1. The third-order valence-corrected chi connectivity index (χ3v) is 2.21. The Bertz CT molecular complexity index is 110. The molecule has 1 N–H and O–H groups in total. The fraction of sp³-hybridized carbons (Fsp3) is 1.00. The Hall–Kier alpha value is -0.150. The number of ether oxygens (including phenoxy) is 1. The fourth-order valence-corrected chi connectivity index (χ4v) is 1.40. The average molecular weight is 161 g/mol. The van der Waals surface area contributed by atoms with Gasteiger partial charge in [0.15, 0.2) is 0 Å². The Morgan fingerprint density at radius 1 is 1.64 bits per heavy atom. The average Bonchev–Trinajstić information content (AvgIpc) is 2.37. The van der Waals surface area contributed by atoms with Crippen LogP contribution in [0.25, 0.3) is 0 Å². The van der Waals surface area contributed by atoms with Crippen molar-refractivity contribution in [3.63, 3.8) is 0 Å². The van der Waals surface area contributed by atoms with Crippen LogP contribution < -0.4 is 5.32 Å². The molecular weight excluding hydrogens is 145 g/mol. The Morgan fingerprint density at radius 2 is 2.45 bits per heavy atom. The van der Waals surface area contributed by atoms with Crippen molar-refractivity contribution < 1.29 is 9.13 Å². The van der Waals surface area contributed by atoms with Gasteiger partial charge in [0, 0.05) is 19.7 Å². The number of nitrogens with one attached hydrogen (secondary N) is 1. The molecule has 66 valence electrons. The lowest BCUT2D eigenvalue weighted by Crippen LogP contribution is -2.28. The lowest BCUT2D eigenvalue weighted by Gasteiger charge is -2.13. The molecule has 1 fully saturated rings. The number of rotatable bonds is 4. The predicted molar refractivity (Wildman–Crippen MR) is 42.4 cm³/mol. The molecule has 0 bridgehead atoms. The summed E-state index contributed by atoms with van der Waals surface area (Å²) in [5.74, 6) is 0.585. The van der Waals surface area contributed by atoms with Crippen LogP contribution in [0.15, 0.2) is 0 Å². The van der Waals surface area contributed by atoms with E-state index in [9.17, 15) is 4.39 Å². The molecule has 0 aromatic rings. The van der Waals surface area contributed by atoms with Crippen molar-refractivity contribution in [2.45, 2.75) is 19.4 Å². The van der Waals surface area contributed by atoms with Crippen LogP contribution in [-0.2, 0) is 4.74 Å². The van der Waals surface area contributed by atoms with Crippen LogP contribution >= 0.6 is 0 Å². The van der Waals surface area contributed by atoms with Gasteiger partial charge in [-0.25, -0.2) is 4.39 Å². The van der Waals surface area contributed by atoms with Gasteiger partial charge in [0.25, 0.3) is 0 Å². The van der Waals surface area contributed by atoms with Gasteiger partial charge in [0.1, 0.15) is 6.67 Å². The van der Waals surface area contributed by atoms with Crippen LogP contribution in [0.2, 0.25) is 0 Å². The maximum absolute atomic E-state index is 11.7. The molecule has 0 amide bonds. The van der Waals surface area contributed by atoms with Crippen molar-refractivity contribution in [1.82, 2.24) is 5.32 Å². The van der Waals surface area contributed by atoms with Gasteiger partial charge in [0.05, 0.1) is 6.10 Å². The summed E-state index contributed by atoms with van der Waals surface area (Å²) in [6.45, 7) is 4.04. The SMILES string of the molecule is CC1OCCC1CNCCF. The van der Waals surface area contributed by atoms with Crippen molar-refractivity contribution in [2.24, 2.45) is 5.92 Å². The third kappa shape index (κ3) is 2.75. The first-order valence-corrected chi connectivity index (χ1v) is 4.23. The summed E-state index contributed by atoms with van der Waals surface area (Å²) in [6.07, 6.45) is 1.46. The van der Waals surface area contributed by atoms with E-state index in [-0.39, 0.29) is 6.67 Å². The van der Waals surface area contributed by atoms with Gasteiger partial charge in [-0.3, -0.25) is 0 Å². The summed E-state index contributed by atoms with van der Waals surface area (Å²) in [7, 11) is 0. The highest BCUT2D eigenvalue weighted by Gasteiger charge is 2.23. The number of alkyl halides is 1. The van der Waals surface area contributed by atoms with E-state index in [0.717, 1.165) is 19.6 Å². The summed E-state index contributed by atoms with van der Waals surface area (Å²) in [4.78, 5) is 0. The Morgan fingerprint density at radius 3 is 3.00 bits per heavy atom. The number of hydrogen-bond donors (Lipinski definition) is 1. The molecule has 2 atom stereocenters. The first-order chi connectivity index (χ1) is 5.34. The van der Waals surface area contributed by atoms with Crippen LogP contribution in [0.5, 0.6) is 0 Å². The van der Waals surface area contributed by atoms with Crippen molar-refractivity contribution in [3.8, 4) is 0 Å². The first kappa shape index (κ1) is 8.94. The van der Waals surface area contributed by atoms with Gasteiger partial charge in [0.2, 0.25) is 0 Å². The van der Waals surface area contributed by atoms with E-state index in [2.05, 4.69) is 12.2 Å². The molecule has 1 aliphatic heterocycles. The van der Waals surface area contributed by atoms with Crippen LogP contribution in [0.1, 0.15) is 13.3 Å². The normalized spacial score (nSPS) is 31.1. The summed E-state index contributed by atoms with van der Waals surface area (Å²) in [5, 5.41) is 3.05. The van der Waals surface area contributed by atoms with Gasteiger partial charge in [-0.2, -0.15) is 0 Å². The van der Waals surface area contributed by atoms with Gasteiger partial charge in [-0.1, -0.05) is 0 Å². The lowest BCUT2D eigenvalue weighted by molar-refractivity contribution is 0.105. The minimum Gasteiger partial charge on any atom is -0.378 e. The Balaban J connectivity index is 2.05. The van der Waals surface area contributed by atoms with E-state index < -0.39 is 0 Å². The highest BCUT2D eigenvalue weighted by molar-refractivity contribution is 4.74. The molecule has 0 radical (unpaired) electrons. The van der Waals surface area contributed by atoms with E-state index in [4.69, 9.17) is 4.74 Å². The molecule has 2 unspecified atom stereocenters. The molecule has 1 rings (SSSR count). The molecule has 2 nitrogen and oxygen atoms in total. The zero-order valence-electron chi connectivity index (χ0n) is 6.98. The molecule has 11 heavy (non-hydrogen) atoms. The maximum atomic E-state index is 11.7. The van der Waals surface area contributed by atoms with E-state index in [1.54, 1.807) is 0 Å². The van der Waals surface area contributed by atoms with Crippen LogP contribution in [0.3, 0.4) is 0 Å². The lowest BCUT2D eigenvalue weighted by atomic mass is 10.0. The van der Waals surface area contributed by atoms with Crippen LogP contribution in [0.4, 0.5) is 4.39 Å². The van der Waals surface area contributed by atoms with Crippen LogP contribution in [-0.4, -0.2) is 32.5 Å². The maximum Gasteiger partial charge on any atom is 0.102 e. The molecule has 3 heteroatoms. The molecule has 0 spiro atoms. The molecule has 0 saturated carbocycles. The second kappa shape index (κ2) is 4.67. The zero-order chi connectivity index (χ0) is 8.10. The van der Waals surface area contributed by atoms with Crippen molar-refractivity contribution in [1.29, 1.82) is 0 Å². The largest absolute Gasteiger partial charge is 0.378 e. The van der Waals surface area contributed by atoms with Gasteiger partial charge in [-0.05, 0) is 19.3 Å². The molecule has 1 saturated heterocycles. The van der Waals surface area contributed by atoms with Crippen molar-refractivity contribution in [3.05, 3.63) is 0 Å². The molecule has 0 aliphatic carbocycles. The molecule has 0 aromatic heterocycles. The quantitative estimate of drug-likeness (QED) is 0.620. The second-order valence-corrected chi connectivity index (χ2v) is 3.02. The van der Waals surface area contributed by atoms with E-state index in [0.29, 0.717) is 18.6 Å². The second-order valence-electron chi connectivity index (χ2n) is 3.02. The van der Waals surface area contributed by atoms with E-state index in [1.807, 2.05) is 0 Å². The van der Waals surface area contributed by atoms with Gasteiger partial charge < -0.3 is 10.1 Å². The molecule has 1 heterocycles. The molecule has 0 aromatic carbocycles. The molecular formula is C8H16FNO. The third-order valence-electron chi connectivity index (χ3n) is 2.21. The highest BCUT2D eigenvalue weighted by Crippen LogP contribution is 2.18. The smallest absolute Gasteiger partial charge is 0.102 e. The fourth-order valence-electron chi connectivity index (χ4n) is 1.40. The zero-order valence-corrected chi connectivity index (χ0v) is 6.98. The summed E-state index contributed by atoms with van der Waals surface area (Å²) < 4.78 is 17.0. The Labute approximate surface area is 67.1 Å². The van der Waals surface area contributed by atoms with E-state index >= 15 is 0 Å². The Kier molecular flexibility index (Phi) is 3.80. The topological polar surface area (TPSA) is 21.3 Å². The van der Waals surface area contributed by atoms with Gasteiger partial charge >= 0.3 is 0 Å². The summed E-state index contributed by atoms with van der Waals surface area (Å²) >= 11 is 0. The molecule has 1 aliphatic rings. The van der Waals surface area contributed by atoms with Crippen LogP contribution in [0, 0.1) is 5.92 Å². The first-order valence-electron chi connectivity index (χ1n) is 4.23. The monoisotopic (exact) mass is 161 g/mol. The number of hydrogen-bond acceptors (Lipinski definition) is 2. The van der Waals surface area contributed by atoms with Gasteiger partial charge in [-0.15, -0.1) is 0 Å². The summed E-state index contributed by atoms with van der Waals surface area (Å²) in [5.41, 5.74) is 0. The predicted octanol–water partition coefficient (Wildman–Crippen LogP) is 0.970.